The highest BCUT2D eigenvalue weighted by Gasteiger charge is 2.16. The number of imide groups is 1. The molecule has 9 heteroatoms. The molecule has 152 valence electrons. The number of nitrogens with one attached hydrogen (secondary N) is 1. The number of ether oxygens (including phenoxy) is 2. The number of rotatable bonds is 6. The van der Waals surface area contributed by atoms with E-state index in [2.05, 4.69) is 14.8 Å². The largest absolute Gasteiger partial charge is 0.456 e. The number of carbonyl (C=O) groups is 3. The number of nitrogens with zero attached hydrogens (tertiary/aromatic N) is 3. The quantitative estimate of drug-likeness (QED) is 0.634. The van der Waals surface area contributed by atoms with Crippen LogP contribution in [-0.2, 0) is 25.5 Å². The van der Waals surface area contributed by atoms with Crippen molar-refractivity contribution in [1.82, 2.24) is 19.9 Å². The Bertz CT molecular complexity index is 1090. The minimum absolute atomic E-state index is 0.0718. The molecule has 1 aromatic carbocycles. The Hall–Kier alpha value is -3.49. The fraction of sp³-hybridized carbons (Fsp3) is 0.350. The normalized spacial score (nSPS) is 10.9. The molecule has 3 aromatic rings. The molecule has 2 amide bonds. The van der Waals surface area contributed by atoms with Crippen LogP contribution >= 0.6 is 0 Å². The van der Waals surface area contributed by atoms with Gasteiger partial charge in [-0.25, -0.2) is 14.3 Å². The van der Waals surface area contributed by atoms with E-state index >= 15 is 0 Å². The highest BCUT2D eigenvalue weighted by atomic mass is 16.6. The average Bonchev–Trinajstić information content (AvgIpc) is 3.05. The van der Waals surface area contributed by atoms with Gasteiger partial charge in [-0.05, 0) is 44.9 Å². The molecule has 9 nitrogen and oxygen atoms in total. The van der Waals surface area contributed by atoms with Crippen LogP contribution in [0.15, 0.2) is 24.3 Å². The van der Waals surface area contributed by atoms with Crippen molar-refractivity contribution in [1.29, 1.82) is 0 Å². The zero-order valence-corrected chi connectivity index (χ0v) is 16.5. The molecule has 2 heterocycles. The molecule has 0 saturated heterocycles. The summed E-state index contributed by atoms with van der Waals surface area (Å²) in [4.78, 5) is 39.3. The highest BCUT2D eigenvalue weighted by molar-refractivity contribution is 5.93. The molecule has 0 aliphatic rings. The number of hydrogen-bond acceptors (Lipinski definition) is 7. The Morgan fingerprint density at radius 3 is 2.66 bits per heavy atom. The van der Waals surface area contributed by atoms with Crippen molar-refractivity contribution < 1.29 is 23.9 Å². The molecule has 3 rings (SSSR count). The molecule has 0 atom stereocenters. The Labute approximate surface area is 167 Å². The summed E-state index contributed by atoms with van der Waals surface area (Å²) < 4.78 is 11.3. The lowest BCUT2D eigenvalue weighted by Crippen LogP contribution is -2.34. The number of hydrogen-bond donors (Lipinski definition) is 1. The number of carbonyl (C=O) groups excluding carboxylic acids is 3. The number of amides is 2. The van der Waals surface area contributed by atoms with Crippen LogP contribution in [0.25, 0.3) is 16.6 Å². The van der Waals surface area contributed by atoms with E-state index in [4.69, 9.17) is 4.74 Å². The molecule has 1 N–H and O–H groups in total. The van der Waals surface area contributed by atoms with Crippen molar-refractivity contribution in [3.8, 4) is 0 Å². The van der Waals surface area contributed by atoms with Gasteiger partial charge in [0.2, 0.25) is 0 Å². The standard InChI is InChI=1S/C20H22N4O5/c1-4-28-20(27)22-17(25)11-29-18(26)10-9-14-12(2)21-19-15-7-5-6-8-16(15)23-24(19)13(14)3/h5-8H,4,9-11H2,1-3H3,(H,22,25,27). The summed E-state index contributed by atoms with van der Waals surface area (Å²) in [6.45, 7) is 5.04. The summed E-state index contributed by atoms with van der Waals surface area (Å²) >= 11 is 0. The monoisotopic (exact) mass is 398 g/mol. The van der Waals surface area contributed by atoms with Gasteiger partial charge in [0, 0.05) is 23.2 Å². The minimum atomic E-state index is -0.870. The summed E-state index contributed by atoms with van der Waals surface area (Å²) in [7, 11) is 0. The van der Waals surface area contributed by atoms with E-state index in [0.717, 1.165) is 33.5 Å². The topological polar surface area (TPSA) is 112 Å². The van der Waals surface area contributed by atoms with Gasteiger partial charge in [0.1, 0.15) is 0 Å². The Morgan fingerprint density at radius 2 is 1.90 bits per heavy atom. The van der Waals surface area contributed by atoms with Crippen molar-refractivity contribution in [2.45, 2.75) is 33.6 Å². The molecule has 0 aliphatic heterocycles. The van der Waals surface area contributed by atoms with Crippen molar-refractivity contribution in [3.63, 3.8) is 0 Å². The van der Waals surface area contributed by atoms with Gasteiger partial charge in [0.15, 0.2) is 12.3 Å². The maximum absolute atomic E-state index is 12.0. The first kappa shape index (κ1) is 20.2. The smallest absolute Gasteiger partial charge is 0.413 e. The van der Waals surface area contributed by atoms with Crippen LogP contribution < -0.4 is 5.32 Å². The molecule has 0 radical (unpaired) electrons. The predicted octanol–water partition coefficient (Wildman–Crippen LogP) is 2.25. The molecular weight excluding hydrogens is 376 g/mol. The molecular formula is C20H22N4O5. The van der Waals surface area contributed by atoms with Gasteiger partial charge in [-0.3, -0.25) is 14.9 Å². The SMILES string of the molecule is CCOC(=O)NC(=O)COC(=O)CCc1c(C)nc2c3ccccc3nn2c1C. The third-order valence-corrected chi connectivity index (χ3v) is 4.48. The zero-order chi connectivity index (χ0) is 21.0. The second-order valence-corrected chi connectivity index (χ2v) is 6.44. The summed E-state index contributed by atoms with van der Waals surface area (Å²) in [5.74, 6) is -1.29. The fourth-order valence-corrected chi connectivity index (χ4v) is 3.10. The van der Waals surface area contributed by atoms with Gasteiger partial charge in [-0.15, -0.1) is 0 Å². The highest BCUT2D eigenvalue weighted by Crippen LogP contribution is 2.22. The summed E-state index contributed by atoms with van der Waals surface area (Å²) in [6.07, 6.45) is -0.400. The molecule has 0 bridgehead atoms. The van der Waals surface area contributed by atoms with Crippen molar-refractivity contribution in [3.05, 3.63) is 41.2 Å². The van der Waals surface area contributed by atoms with Gasteiger partial charge < -0.3 is 9.47 Å². The number of esters is 1. The van der Waals surface area contributed by atoms with Crippen LogP contribution in [0.1, 0.15) is 30.3 Å². The van der Waals surface area contributed by atoms with Gasteiger partial charge in [0.05, 0.1) is 12.1 Å². The second kappa shape index (κ2) is 8.68. The van der Waals surface area contributed by atoms with Gasteiger partial charge in [0.25, 0.3) is 5.91 Å². The minimum Gasteiger partial charge on any atom is -0.456 e. The Balaban J connectivity index is 1.64. The first-order valence-corrected chi connectivity index (χ1v) is 9.26. The van der Waals surface area contributed by atoms with Crippen LogP contribution in [0.3, 0.4) is 0 Å². The lowest BCUT2D eigenvalue weighted by Gasteiger charge is -2.11. The maximum atomic E-state index is 12.0. The van der Waals surface area contributed by atoms with Crippen molar-refractivity contribution >= 4 is 34.5 Å². The van der Waals surface area contributed by atoms with E-state index in [9.17, 15) is 14.4 Å². The van der Waals surface area contributed by atoms with Crippen LogP contribution in [0, 0.1) is 13.8 Å². The van der Waals surface area contributed by atoms with Gasteiger partial charge in [-0.1, -0.05) is 12.1 Å². The first-order chi connectivity index (χ1) is 13.9. The molecule has 0 fully saturated rings. The Kier molecular flexibility index (Phi) is 6.06. The average molecular weight is 398 g/mol. The number of benzene rings is 1. The van der Waals surface area contributed by atoms with Crippen molar-refractivity contribution in [2.24, 2.45) is 0 Å². The molecule has 0 unspecified atom stereocenters. The van der Waals surface area contributed by atoms with Crippen LogP contribution in [-0.4, -0.2) is 45.8 Å². The van der Waals surface area contributed by atoms with E-state index < -0.39 is 24.6 Å². The molecule has 29 heavy (non-hydrogen) atoms. The van der Waals surface area contributed by atoms with E-state index in [0.29, 0.717) is 6.42 Å². The van der Waals surface area contributed by atoms with E-state index in [1.807, 2.05) is 43.4 Å². The second-order valence-electron chi connectivity index (χ2n) is 6.44. The Morgan fingerprint density at radius 1 is 1.14 bits per heavy atom. The molecule has 2 aromatic heterocycles. The molecule has 0 saturated carbocycles. The summed E-state index contributed by atoms with van der Waals surface area (Å²) in [5.41, 5.74) is 4.24. The zero-order valence-electron chi connectivity index (χ0n) is 16.5. The lowest BCUT2D eigenvalue weighted by atomic mass is 10.1. The van der Waals surface area contributed by atoms with Crippen LogP contribution in [0.2, 0.25) is 0 Å². The number of alkyl carbamates (subject to hydrolysis) is 1. The van der Waals surface area contributed by atoms with Crippen LogP contribution in [0.5, 0.6) is 0 Å². The number of aromatic nitrogens is 3. The van der Waals surface area contributed by atoms with Crippen molar-refractivity contribution in [2.75, 3.05) is 13.2 Å². The van der Waals surface area contributed by atoms with E-state index in [1.165, 1.54) is 0 Å². The van der Waals surface area contributed by atoms with E-state index in [-0.39, 0.29) is 13.0 Å². The maximum Gasteiger partial charge on any atom is 0.413 e. The first-order valence-electron chi connectivity index (χ1n) is 9.26. The van der Waals surface area contributed by atoms with Gasteiger partial charge >= 0.3 is 12.1 Å². The predicted molar refractivity (Wildman–Crippen MR) is 104 cm³/mol. The fourth-order valence-electron chi connectivity index (χ4n) is 3.10. The number of fused-ring (bicyclic) bond motifs is 3. The third kappa shape index (κ3) is 4.50. The lowest BCUT2D eigenvalue weighted by molar-refractivity contribution is -0.148. The molecule has 0 aliphatic carbocycles. The summed E-state index contributed by atoms with van der Waals surface area (Å²) in [6, 6.07) is 7.77. The third-order valence-electron chi connectivity index (χ3n) is 4.48. The van der Waals surface area contributed by atoms with Crippen LogP contribution in [0.4, 0.5) is 4.79 Å². The van der Waals surface area contributed by atoms with E-state index in [1.54, 1.807) is 11.4 Å². The summed E-state index contributed by atoms with van der Waals surface area (Å²) in [5, 5.41) is 7.52. The van der Waals surface area contributed by atoms with Gasteiger partial charge in [-0.2, -0.15) is 5.10 Å². The molecule has 0 spiro atoms. The number of aryl methyl sites for hydroxylation is 2.